The fraction of sp³-hybridized carbons (Fsp3) is 1.00. The van der Waals surface area contributed by atoms with Gasteiger partial charge in [0.1, 0.15) is 0 Å². The molecule has 2 rings (SSSR count). The highest BCUT2D eigenvalue weighted by Crippen LogP contribution is 2.39. The van der Waals surface area contributed by atoms with Crippen LogP contribution in [-0.2, 0) is 0 Å². The molecule has 2 aliphatic heterocycles. The van der Waals surface area contributed by atoms with E-state index in [1.807, 2.05) is 0 Å². The third-order valence-electron chi connectivity index (χ3n) is 4.58. The smallest absolute Gasteiger partial charge is 0.0241 e. The third-order valence-corrected chi connectivity index (χ3v) is 5.63. The molecule has 0 aromatic rings. The van der Waals surface area contributed by atoms with Gasteiger partial charge in [0.25, 0.3) is 0 Å². The summed E-state index contributed by atoms with van der Waals surface area (Å²) in [5.74, 6) is 2.70. The number of hydrogen-bond acceptors (Lipinski definition) is 3. The molecule has 2 unspecified atom stereocenters. The fourth-order valence-corrected chi connectivity index (χ4v) is 5.06. The summed E-state index contributed by atoms with van der Waals surface area (Å²) in [4.78, 5) is 2.83. The van der Waals surface area contributed by atoms with Crippen LogP contribution in [0, 0.1) is 5.41 Å². The Hall–Kier alpha value is 0.270. The van der Waals surface area contributed by atoms with E-state index >= 15 is 0 Å². The van der Waals surface area contributed by atoms with Gasteiger partial charge in [0.2, 0.25) is 0 Å². The van der Waals surface area contributed by atoms with E-state index in [1.165, 1.54) is 43.7 Å². The molecule has 2 nitrogen and oxygen atoms in total. The number of thioether (sulfide) groups is 1. The predicted octanol–water partition coefficient (Wildman–Crippen LogP) is 2.59. The summed E-state index contributed by atoms with van der Waals surface area (Å²) in [6.07, 6.45) is 5.59. The quantitative estimate of drug-likeness (QED) is 0.835. The Bertz CT molecular complexity index is 240. The molecule has 2 atom stereocenters. The monoisotopic (exact) mass is 256 g/mol. The SMILES string of the molecule is CNCC1CCCCN1C1CSCCC1(C)C. The summed E-state index contributed by atoms with van der Waals surface area (Å²) >= 11 is 2.16. The molecule has 0 bridgehead atoms. The number of nitrogens with zero attached hydrogens (tertiary/aromatic N) is 1. The zero-order chi connectivity index (χ0) is 12.3. The molecule has 2 aliphatic rings. The molecule has 2 fully saturated rings. The molecule has 100 valence electrons. The van der Waals surface area contributed by atoms with Gasteiger partial charge in [0.15, 0.2) is 0 Å². The van der Waals surface area contributed by atoms with Gasteiger partial charge in [-0.3, -0.25) is 4.90 Å². The van der Waals surface area contributed by atoms with E-state index in [1.54, 1.807) is 0 Å². The van der Waals surface area contributed by atoms with Crippen molar-refractivity contribution in [1.29, 1.82) is 0 Å². The van der Waals surface area contributed by atoms with Gasteiger partial charge < -0.3 is 5.32 Å². The Morgan fingerprint density at radius 2 is 2.18 bits per heavy atom. The summed E-state index contributed by atoms with van der Waals surface area (Å²) in [6.45, 7) is 7.43. The summed E-state index contributed by atoms with van der Waals surface area (Å²) in [5, 5.41) is 3.39. The average molecular weight is 256 g/mol. The van der Waals surface area contributed by atoms with E-state index in [0.29, 0.717) is 5.41 Å². The standard InChI is InChI=1S/C14H28N2S/c1-14(2)7-9-17-11-13(14)16-8-5-4-6-12(16)10-15-3/h12-13,15H,4-11H2,1-3H3. The fourth-order valence-electron chi connectivity index (χ4n) is 3.36. The van der Waals surface area contributed by atoms with Crippen LogP contribution in [0.3, 0.4) is 0 Å². The molecule has 0 aromatic carbocycles. The van der Waals surface area contributed by atoms with Crippen molar-refractivity contribution in [3.63, 3.8) is 0 Å². The average Bonchev–Trinajstić information content (AvgIpc) is 2.30. The van der Waals surface area contributed by atoms with Gasteiger partial charge in [-0.1, -0.05) is 20.3 Å². The minimum atomic E-state index is 0.509. The van der Waals surface area contributed by atoms with E-state index < -0.39 is 0 Å². The molecule has 0 amide bonds. The van der Waals surface area contributed by atoms with Crippen LogP contribution in [0.1, 0.15) is 39.5 Å². The molecule has 2 heterocycles. The second-order valence-electron chi connectivity index (χ2n) is 6.27. The van der Waals surface area contributed by atoms with Crippen LogP contribution >= 0.6 is 11.8 Å². The molecule has 0 saturated carbocycles. The first kappa shape index (κ1) is 13.7. The summed E-state index contributed by atoms with van der Waals surface area (Å²) in [5.41, 5.74) is 0.509. The van der Waals surface area contributed by atoms with Gasteiger partial charge in [0, 0.05) is 24.4 Å². The van der Waals surface area contributed by atoms with Crippen LogP contribution in [0.2, 0.25) is 0 Å². The summed E-state index contributed by atoms with van der Waals surface area (Å²) in [7, 11) is 2.09. The van der Waals surface area contributed by atoms with Crippen molar-refractivity contribution in [2.45, 2.75) is 51.6 Å². The van der Waals surface area contributed by atoms with Gasteiger partial charge in [-0.15, -0.1) is 0 Å². The minimum absolute atomic E-state index is 0.509. The van der Waals surface area contributed by atoms with Crippen molar-refractivity contribution < 1.29 is 0 Å². The van der Waals surface area contributed by atoms with Gasteiger partial charge in [0.05, 0.1) is 0 Å². The molecule has 1 N–H and O–H groups in total. The maximum absolute atomic E-state index is 3.39. The van der Waals surface area contributed by atoms with E-state index in [2.05, 4.69) is 42.9 Å². The number of rotatable bonds is 3. The number of likely N-dealkylation sites (tertiary alicyclic amines) is 1. The largest absolute Gasteiger partial charge is 0.318 e. The number of nitrogens with one attached hydrogen (secondary N) is 1. The predicted molar refractivity (Wildman–Crippen MR) is 77.8 cm³/mol. The Kier molecular flexibility index (Phi) is 4.79. The zero-order valence-corrected chi connectivity index (χ0v) is 12.5. The first-order valence-corrected chi connectivity index (χ1v) is 8.29. The minimum Gasteiger partial charge on any atom is -0.318 e. The van der Waals surface area contributed by atoms with Gasteiger partial charge in [-0.2, -0.15) is 11.8 Å². The van der Waals surface area contributed by atoms with Gasteiger partial charge in [-0.25, -0.2) is 0 Å². The van der Waals surface area contributed by atoms with Gasteiger partial charge in [-0.05, 0) is 44.0 Å². The van der Waals surface area contributed by atoms with Crippen molar-refractivity contribution in [2.24, 2.45) is 5.41 Å². The van der Waals surface area contributed by atoms with Crippen LogP contribution in [-0.4, -0.2) is 48.6 Å². The Morgan fingerprint density at radius 1 is 1.35 bits per heavy atom. The van der Waals surface area contributed by atoms with Gasteiger partial charge >= 0.3 is 0 Å². The van der Waals surface area contributed by atoms with E-state index in [0.717, 1.165) is 18.6 Å². The molecule has 17 heavy (non-hydrogen) atoms. The Labute approximate surface area is 111 Å². The molecular weight excluding hydrogens is 228 g/mol. The van der Waals surface area contributed by atoms with Crippen molar-refractivity contribution in [1.82, 2.24) is 10.2 Å². The zero-order valence-electron chi connectivity index (χ0n) is 11.7. The molecule has 0 aromatic heterocycles. The third kappa shape index (κ3) is 3.18. The van der Waals surface area contributed by atoms with E-state index in [9.17, 15) is 0 Å². The van der Waals surface area contributed by atoms with Crippen LogP contribution in [0.15, 0.2) is 0 Å². The lowest BCUT2D eigenvalue weighted by molar-refractivity contribution is 0.0357. The lowest BCUT2D eigenvalue weighted by Crippen LogP contribution is -2.57. The van der Waals surface area contributed by atoms with Crippen molar-refractivity contribution in [3.8, 4) is 0 Å². The van der Waals surface area contributed by atoms with E-state index in [-0.39, 0.29) is 0 Å². The Balaban J connectivity index is 2.06. The number of hydrogen-bond donors (Lipinski definition) is 1. The van der Waals surface area contributed by atoms with Crippen LogP contribution < -0.4 is 5.32 Å². The van der Waals surface area contributed by atoms with E-state index in [4.69, 9.17) is 0 Å². The summed E-state index contributed by atoms with van der Waals surface area (Å²) in [6, 6.07) is 1.57. The second-order valence-corrected chi connectivity index (χ2v) is 7.42. The first-order valence-electron chi connectivity index (χ1n) is 7.13. The van der Waals surface area contributed by atoms with Crippen molar-refractivity contribution >= 4 is 11.8 Å². The highest BCUT2D eigenvalue weighted by atomic mass is 32.2. The van der Waals surface area contributed by atoms with Crippen LogP contribution in [0.25, 0.3) is 0 Å². The maximum atomic E-state index is 3.39. The van der Waals surface area contributed by atoms with Crippen molar-refractivity contribution in [3.05, 3.63) is 0 Å². The molecule has 3 heteroatoms. The highest BCUT2D eigenvalue weighted by Gasteiger charge is 2.39. The lowest BCUT2D eigenvalue weighted by Gasteiger charge is -2.50. The van der Waals surface area contributed by atoms with Crippen LogP contribution in [0.5, 0.6) is 0 Å². The second kappa shape index (κ2) is 5.94. The normalized spacial score (nSPS) is 34.8. The van der Waals surface area contributed by atoms with Crippen LogP contribution in [0.4, 0.5) is 0 Å². The first-order chi connectivity index (χ1) is 8.15. The van der Waals surface area contributed by atoms with Crippen molar-refractivity contribution in [2.75, 3.05) is 31.6 Å². The molecule has 2 saturated heterocycles. The molecule has 0 radical (unpaired) electrons. The molecule has 0 spiro atoms. The Morgan fingerprint density at radius 3 is 2.88 bits per heavy atom. The molecule has 0 aliphatic carbocycles. The lowest BCUT2D eigenvalue weighted by atomic mass is 9.79. The maximum Gasteiger partial charge on any atom is 0.0241 e. The highest BCUT2D eigenvalue weighted by molar-refractivity contribution is 7.99. The molecular formula is C14H28N2S. The number of likely N-dealkylation sites (N-methyl/N-ethyl adjacent to an activating group) is 1. The topological polar surface area (TPSA) is 15.3 Å². The summed E-state index contributed by atoms with van der Waals surface area (Å²) < 4.78 is 0. The number of piperidine rings is 1.